The largest absolute Gasteiger partial charge is 0.456 e. The van der Waals surface area contributed by atoms with Crippen molar-refractivity contribution in [2.24, 2.45) is 4.99 Å². The third-order valence-electron chi connectivity index (χ3n) is 5.23. The average Bonchev–Trinajstić information content (AvgIpc) is 3.43. The minimum absolute atomic E-state index is 0.0215. The van der Waals surface area contributed by atoms with E-state index in [0.717, 1.165) is 11.1 Å². The fourth-order valence-corrected chi connectivity index (χ4v) is 4.03. The summed E-state index contributed by atoms with van der Waals surface area (Å²) in [6, 6.07) is 18.8. The number of hydrogen-bond acceptors (Lipinski definition) is 8. The van der Waals surface area contributed by atoms with Gasteiger partial charge in [-0.2, -0.15) is 0 Å². The normalized spacial score (nSPS) is 14.1. The van der Waals surface area contributed by atoms with Gasteiger partial charge >= 0.3 is 0 Å². The zero-order valence-corrected chi connectivity index (χ0v) is 22.9. The first-order valence-corrected chi connectivity index (χ1v) is 14.1. The first-order chi connectivity index (χ1) is 18.4. The molecule has 0 bridgehead atoms. The molecule has 2 aromatic carbocycles. The van der Waals surface area contributed by atoms with Gasteiger partial charge in [0.15, 0.2) is 17.2 Å². The Morgan fingerprint density at radius 3 is 2.26 bits per heavy atom. The molecule has 0 amide bonds. The molecule has 0 saturated heterocycles. The number of aromatic nitrogens is 2. The van der Waals surface area contributed by atoms with Gasteiger partial charge in [0.25, 0.3) is 5.79 Å². The number of hydrogen-bond donors (Lipinski definition) is 3. The molecule has 0 aliphatic carbocycles. The molecule has 38 heavy (non-hydrogen) atoms. The highest BCUT2D eigenvalue weighted by atomic mass is 32.2. The molecule has 8 nitrogen and oxygen atoms in total. The number of amidine groups is 1. The molecule has 0 aliphatic rings. The number of halogens is 1. The molecule has 3 rings (SSSR count). The minimum Gasteiger partial charge on any atom is -0.456 e. The molecule has 11 heteroatoms. The molecule has 0 spiro atoms. The predicted molar refractivity (Wildman–Crippen MR) is 151 cm³/mol. The predicted octanol–water partition coefficient (Wildman–Crippen LogP) is 5.26. The van der Waals surface area contributed by atoms with Gasteiger partial charge in [0.2, 0.25) is 0 Å². The van der Waals surface area contributed by atoms with Crippen molar-refractivity contribution in [1.29, 1.82) is 5.41 Å². The van der Waals surface area contributed by atoms with Crippen LogP contribution in [-0.4, -0.2) is 57.2 Å². The maximum atomic E-state index is 15.6. The number of nitrogens with one attached hydrogen (secondary N) is 2. The summed E-state index contributed by atoms with van der Waals surface area (Å²) in [5.74, 6) is -2.21. The third kappa shape index (κ3) is 8.53. The molecule has 0 radical (unpaired) electrons. The Kier molecular flexibility index (Phi) is 11.6. The number of aliphatic hydroxyl groups is 1. The summed E-state index contributed by atoms with van der Waals surface area (Å²) in [6.07, 6.45) is 2.77. The summed E-state index contributed by atoms with van der Waals surface area (Å²) in [6.45, 7) is 3.73. The van der Waals surface area contributed by atoms with Gasteiger partial charge in [-0.3, -0.25) is 5.41 Å². The van der Waals surface area contributed by atoms with E-state index in [2.05, 4.69) is 21.5 Å². The van der Waals surface area contributed by atoms with E-state index in [1.807, 2.05) is 60.7 Å². The summed E-state index contributed by atoms with van der Waals surface area (Å²) >= 11 is 2.42. The average molecular weight is 559 g/mol. The van der Waals surface area contributed by atoms with E-state index < -0.39 is 18.6 Å². The number of ether oxygens (including phenoxy) is 3. The van der Waals surface area contributed by atoms with E-state index in [9.17, 15) is 5.11 Å². The number of aliphatic imine (C=N–C) groups is 1. The van der Waals surface area contributed by atoms with Crippen LogP contribution in [0.5, 0.6) is 0 Å². The molecule has 0 unspecified atom stereocenters. The molecular formula is C27H31FN4O4S2. The Hall–Kier alpha value is -2.96. The molecule has 3 N–H and O–H groups in total. The van der Waals surface area contributed by atoms with E-state index in [4.69, 9.17) is 19.6 Å². The van der Waals surface area contributed by atoms with Gasteiger partial charge < -0.3 is 24.3 Å². The summed E-state index contributed by atoms with van der Waals surface area (Å²) in [7, 11) is 0. The lowest BCUT2D eigenvalue weighted by Crippen LogP contribution is -2.43. The molecule has 202 valence electrons. The number of benzene rings is 2. The highest BCUT2D eigenvalue weighted by molar-refractivity contribution is 8.15. The number of aromatic amines is 1. The smallest absolute Gasteiger partial charge is 0.284 e. The zero-order chi connectivity index (χ0) is 27.4. The van der Waals surface area contributed by atoms with Gasteiger partial charge in [-0.15, -0.1) is 11.8 Å². The van der Waals surface area contributed by atoms with E-state index in [-0.39, 0.29) is 35.7 Å². The molecule has 0 fully saturated rings. The summed E-state index contributed by atoms with van der Waals surface area (Å²) in [4.78, 5) is 11.3. The van der Waals surface area contributed by atoms with E-state index in [0.29, 0.717) is 11.7 Å². The molecule has 0 saturated carbocycles. The summed E-state index contributed by atoms with van der Waals surface area (Å²) in [5, 5.41) is 19.8. The van der Waals surface area contributed by atoms with Crippen molar-refractivity contribution in [2.45, 2.75) is 25.2 Å². The topological polar surface area (TPSA) is 113 Å². The number of alkyl halides is 1. The van der Waals surface area contributed by atoms with Crippen molar-refractivity contribution < 1.29 is 23.7 Å². The highest BCUT2D eigenvalue weighted by Crippen LogP contribution is 2.31. The van der Waals surface area contributed by atoms with Crippen molar-refractivity contribution in [3.63, 3.8) is 0 Å². The Morgan fingerprint density at radius 1 is 1.08 bits per heavy atom. The van der Waals surface area contributed by atoms with E-state index in [1.54, 1.807) is 12.5 Å². The molecule has 1 aromatic heterocycles. The van der Waals surface area contributed by atoms with Gasteiger partial charge in [-0.25, -0.2) is 14.4 Å². The second kappa shape index (κ2) is 14.8. The first kappa shape index (κ1) is 29.6. The number of rotatable bonds is 13. The summed E-state index contributed by atoms with van der Waals surface area (Å²) < 4.78 is 32.5. The molecule has 0 aliphatic heterocycles. The Bertz CT molecular complexity index is 1210. The number of imidazole rings is 1. The third-order valence-corrected chi connectivity index (χ3v) is 6.38. The van der Waals surface area contributed by atoms with Crippen LogP contribution in [0.1, 0.15) is 22.6 Å². The zero-order valence-electron chi connectivity index (χ0n) is 21.2. The summed E-state index contributed by atoms with van der Waals surface area (Å²) in [5.41, 5.74) is 1.76. The number of H-pyrrole nitrogens is 1. The van der Waals surface area contributed by atoms with Crippen LogP contribution in [0, 0.1) is 5.41 Å². The molecular weight excluding hydrogens is 527 g/mol. The van der Waals surface area contributed by atoms with Crippen LogP contribution in [-0.2, 0) is 33.2 Å². The monoisotopic (exact) mass is 558 g/mol. The van der Waals surface area contributed by atoms with Crippen LogP contribution in [0.4, 0.5) is 4.39 Å². The number of nitrogens with zero attached hydrogens (tertiary/aromatic N) is 2. The lowest BCUT2D eigenvalue weighted by molar-refractivity contribution is -0.243. The standard InChI is InChI=1S/C27H31FN4O4S2/c1-19(15-34-16-20-10-6-4-7-11-20)36-27(33,22(28)18-35-17-21-12-8-5-9-13-21)23-14-30-24(31-23)25(37-2)32-26(29)38-3/h4-14,22,29,33H,1,15-18H2,2-3H3,(H,30,31)/t22-,27-/m1/s1. The fourth-order valence-electron chi connectivity index (χ4n) is 3.31. The van der Waals surface area contributed by atoms with Crippen molar-refractivity contribution in [2.75, 3.05) is 25.7 Å². The van der Waals surface area contributed by atoms with Crippen LogP contribution < -0.4 is 0 Å². The van der Waals surface area contributed by atoms with Gasteiger partial charge in [-0.1, -0.05) is 79.0 Å². The SMILES string of the molecule is C=C(COCc1ccccc1)O[C@@](O)(c1cnc(C(=NC(=N)SC)SC)[nH]1)[C@H](F)COCc1ccccc1. The molecule has 1 heterocycles. The van der Waals surface area contributed by atoms with Crippen LogP contribution in [0.25, 0.3) is 0 Å². The Balaban J connectivity index is 1.75. The van der Waals surface area contributed by atoms with Crippen molar-refractivity contribution >= 4 is 33.7 Å². The van der Waals surface area contributed by atoms with Crippen LogP contribution in [0.3, 0.4) is 0 Å². The quantitative estimate of drug-likeness (QED) is 0.113. The maximum absolute atomic E-state index is 15.6. The van der Waals surface area contributed by atoms with Gasteiger partial charge in [0, 0.05) is 0 Å². The van der Waals surface area contributed by atoms with Crippen LogP contribution >= 0.6 is 23.5 Å². The van der Waals surface area contributed by atoms with Gasteiger partial charge in [0.1, 0.15) is 23.1 Å². The number of thioether (sulfide) groups is 2. The van der Waals surface area contributed by atoms with Gasteiger partial charge in [-0.05, 0) is 23.6 Å². The highest BCUT2D eigenvalue weighted by Gasteiger charge is 2.44. The fraction of sp³-hybridized carbons (Fsp3) is 0.296. The Labute approximate surface area is 230 Å². The van der Waals surface area contributed by atoms with E-state index in [1.165, 1.54) is 29.7 Å². The first-order valence-electron chi connectivity index (χ1n) is 11.6. The van der Waals surface area contributed by atoms with Crippen LogP contribution in [0.15, 0.2) is 84.2 Å². The molecule has 3 aromatic rings. The molecule has 2 atom stereocenters. The maximum Gasteiger partial charge on any atom is 0.284 e. The van der Waals surface area contributed by atoms with Crippen LogP contribution in [0.2, 0.25) is 0 Å². The van der Waals surface area contributed by atoms with Crippen molar-refractivity contribution in [1.82, 2.24) is 9.97 Å². The second-order valence-corrected chi connectivity index (χ2v) is 9.65. The lowest BCUT2D eigenvalue weighted by atomic mass is 10.1. The lowest BCUT2D eigenvalue weighted by Gasteiger charge is -2.31. The Morgan fingerprint density at radius 2 is 1.68 bits per heavy atom. The van der Waals surface area contributed by atoms with Crippen molar-refractivity contribution in [3.05, 3.63) is 102 Å². The van der Waals surface area contributed by atoms with Crippen molar-refractivity contribution in [3.8, 4) is 0 Å². The second-order valence-electron chi connectivity index (χ2n) is 8.06. The minimum atomic E-state index is -2.49. The van der Waals surface area contributed by atoms with E-state index >= 15 is 4.39 Å². The van der Waals surface area contributed by atoms with Gasteiger partial charge in [0.05, 0.1) is 26.0 Å².